The molecule has 1 aliphatic rings. The number of nitrogens with two attached hydrogens (primary N) is 1. The molecule has 1 rings (SSSR count). The summed E-state index contributed by atoms with van der Waals surface area (Å²) < 4.78 is 4.41. The van der Waals surface area contributed by atoms with Crippen molar-refractivity contribution in [3.63, 3.8) is 0 Å². The van der Waals surface area contributed by atoms with Gasteiger partial charge in [-0.25, -0.2) is 4.79 Å². The average Bonchev–Trinajstić information content (AvgIpc) is 1.91. The molecule has 3 nitrogen and oxygen atoms in total. The molecule has 0 unspecified atom stereocenters. The summed E-state index contributed by atoms with van der Waals surface area (Å²) in [7, 11) is 0. The number of carbonyl (C=O) groups is 1. The second-order valence-electron chi connectivity index (χ2n) is 1.26. The van der Waals surface area contributed by atoms with Gasteiger partial charge in [0, 0.05) is 0 Å². The standard InChI is InChI=1S/C4H5NO2/c5-3-1-2-7-4(3)6/h1H,2,5H2. The van der Waals surface area contributed by atoms with Gasteiger partial charge in [0.1, 0.15) is 12.3 Å². The fourth-order valence-corrected chi connectivity index (χ4v) is 0.374. The molecule has 0 fully saturated rings. The second-order valence-corrected chi connectivity index (χ2v) is 1.26. The highest BCUT2D eigenvalue weighted by Crippen LogP contribution is 1.97. The summed E-state index contributed by atoms with van der Waals surface area (Å²) in [6.07, 6.45) is 1.54. The van der Waals surface area contributed by atoms with Crippen molar-refractivity contribution >= 4 is 5.97 Å². The van der Waals surface area contributed by atoms with E-state index < -0.39 is 5.97 Å². The molecule has 0 saturated heterocycles. The minimum Gasteiger partial charge on any atom is -0.457 e. The molecular weight excluding hydrogens is 94.0 g/mol. The predicted octanol–water partition coefficient (Wildman–Crippen LogP) is -0.614. The Hall–Kier alpha value is -0.990. The fraction of sp³-hybridized carbons (Fsp3) is 0.250. The van der Waals surface area contributed by atoms with Gasteiger partial charge in [-0.15, -0.1) is 0 Å². The van der Waals surface area contributed by atoms with E-state index >= 15 is 0 Å². The highest BCUT2D eigenvalue weighted by molar-refractivity contribution is 5.89. The maximum absolute atomic E-state index is 10.2. The molecule has 3 heteroatoms. The van der Waals surface area contributed by atoms with Crippen molar-refractivity contribution in [2.45, 2.75) is 0 Å². The van der Waals surface area contributed by atoms with E-state index in [1.165, 1.54) is 0 Å². The highest BCUT2D eigenvalue weighted by Gasteiger charge is 2.10. The molecule has 1 heterocycles. The molecule has 0 bridgehead atoms. The minimum atomic E-state index is -0.403. The molecule has 0 saturated carbocycles. The number of rotatable bonds is 0. The van der Waals surface area contributed by atoms with Crippen LogP contribution >= 0.6 is 0 Å². The number of ether oxygens (including phenoxy) is 1. The third-order valence-corrected chi connectivity index (χ3v) is 0.753. The zero-order chi connectivity index (χ0) is 5.28. The van der Waals surface area contributed by atoms with E-state index in [0.29, 0.717) is 6.61 Å². The van der Waals surface area contributed by atoms with Gasteiger partial charge >= 0.3 is 5.97 Å². The first-order valence-electron chi connectivity index (χ1n) is 1.93. The first-order chi connectivity index (χ1) is 3.30. The van der Waals surface area contributed by atoms with E-state index in [1.807, 2.05) is 0 Å². The lowest BCUT2D eigenvalue weighted by atomic mass is 10.5. The first-order valence-corrected chi connectivity index (χ1v) is 1.93. The average molecular weight is 99.1 g/mol. The van der Waals surface area contributed by atoms with Crippen LogP contribution in [0.1, 0.15) is 0 Å². The lowest BCUT2D eigenvalue weighted by molar-refractivity contribution is -0.135. The molecular formula is C4H5NO2. The molecule has 38 valence electrons. The van der Waals surface area contributed by atoms with Gasteiger partial charge in [-0.05, 0) is 6.08 Å². The number of carbonyl (C=O) groups excluding carboxylic acids is 1. The Morgan fingerprint density at radius 3 is 2.71 bits per heavy atom. The van der Waals surface area contributed by atoms with E-state index in [0.717, 1.165) is 0 Å². The summed E-state index contributed by atoms with van der Waals surface area (Å²) in [4.78, 5) is 10.2. The van der Waals surface area contributed by atoms with Crippen LogP contribution in [0.3, 0.4) is 0 Å². The molecule has 0 aromatic carbocycles. The molecule has 0 aliphatic carbocycles. The SMILES string of the molecule is NC1=CCOC1=O. The third-order valence-electron chi connectivity index (χ3n) is 0.753. The van der Waals surface area contributed by atoms with Gasteiger partial charge in [-0.2, -0.15) is 0 Å². The Kier molecular flexibility index (Phi) is 0.749. The predicted molar refractivity (Wildman–Crippen MR) is 23.2 cm³/mol. The third kappa shape index (κ3) is 0.559. The second kappa shape index (κ2) is 1.26. The Morgan fingerprint density at radius 2 is 2.57 bits per heavy atom. The minimum absolute atomic E-state index is 0.222. The van der Waals surface area contributed by atoms with Crippen LogP contribution in [0.5, 0.6) is 0 Å². The summed E-state index contributed by atoms with van der Waals surface area (Å²) in [6.45, 7) is 0.338. The van der Waals surface area contributed by atoms with E-state index in [1.54, 1.807) is 6.08 Å². The van der Waals surface area contributed by atoms with Crippen molar-refractivity contribution in [1.82, 2.24) is 0 Å². The van der Waals surface area contributed by atoms with Crippen LogP contribution in [-0.2, 0) is 9.53 Å². The Balaban J connectivity index is 2.72. The lowest BCUT2D eigenvalue weighted by Gasteiger charge is -1.85. The molecule has 0 atom stereocenters. The summed E-state index contributed by atoms with van der Waals surface area (Å²) in [5, 5.41) is 0. The number of cyclic esters (lactones) is 1. The van der Waals surface area contributed by atoms with Gasteiger partial charge in [0.2, 0.25) is 0 Å². The van der Waals surface area contributed by atoms with Crippen LogP contribution < -0.4 is 5.73 Å². The van der Waals surface area contributed by atoms with E-state index in [-0.39, 0.29) is 5.70 Å². The van der Waals surface area contributed by atoms with Gasteiger partial charge < -0.3 is 10.5 Å². The molecule has 1 aliphatic heterocycles. The molecule has 0 radical (unpaired) electrons. The van der Waals surface area contributed by atoms with Crippen LogP contribution in [0, 0.1) is 0 Å². The smallest absolute Gasteiger partial charge is 0.354 e. The number of esters is 1. The van der Waals surface area contributed by atoms with Gasteiger partial charge in [0.05, 0.1) is 0 Å². The van der Waals surface area contributed by atoms with Crippen molar-refractivity contribution in [3.05, 3.63) is 11.8 Å². The van der Waals surface area contributed by atoms with Crippen molar-refractivity contribution < 1.29 is 9.53 Å². The maximum Gasteiger partial charge on any atom is 0.354 e. The molecule has 0 spiro atoms. The number of hydrogen-bond acceptors (Lipinski definition) is 3. The normalized spacial score (nSPS) is 18.9. The van der Waals surface area contributed by atoms with E-state index in [4.69, 9.17) is 5.73 Å². The quantitative estimate of drug-likeness (QED) is 0.412. The van der Waals surface area contributed by atoms with Crippen molar-refractivity contribution in [3.8, 4) is 0 Å². The zero-order valence-electron chi connectivity index (χ0n) is 3.68. The Morgan fingerprint density at radius 1 is 1.86 bits per heavy atom. The van der Waals surface area contributed by atoms with Crippen LogP contribution in [0.15, 0.2) is 11.8 Å². The summed E-state index contributed by atoms with van der Waals surface area (Å²) in [5.74, 6) is -0.403. The van der Waals surface area contributed by atoms with Crippen molar-refractivity contribution in [2.24, 2.45) is 5.73 Å². The van der Waals surface area contributed by atoms with Crippen molar-refractivity contribution in [1.29, 1.82) is 0 Å². The van der Waals surface area contributed by atoms with Crippen LogP contribution in [0.25, 0.3) is 0 Å². The molecule has 7 heavy (non-hydrogen) atoms. The topological polar surface area (TPSA) is 52.3 Å². The summed E-state index contributed by atoms with van der Waals surface area (Å²) in [5.41, 5.74) is 5.29. The first kappa shape index (κ1) is 4.18. The fourth-order valence-electron chi connectivity index (χ4n) is 0.374. The summed E-state index contributed by atoms with van der Waals surface area (Å²) >= 11 is 0. The van der Waals surface area contributed by atoms with Crippen LogP contribution in [-0.4, -0.2) is 12.6 Å². The Bertz CT molecular complexity index is 128. The number of hydrogen-bond donors (Lipinski definition) is 1. The van der Waals surface area contributed by atoms with Gasteiger partial charge in [-0.3, -0.25) is 0 Å². The molecule has 2 N–H and O–H groups in total. The van der Waals surface area contributed by atoms with Gasteiger partial charge in [-0.1, -0.05) is 0 Å². The summed E-state index contributed by atoms with van der Waals surface area (Å²) in [6, 6.07) is 0. The lowest BCUT2D eigenvalue weighted by Crippen LogP contribution is -2.06. The molecule has 0 aromatic heterocycles. The van der Waals surface area contributed by atoms with Crippen LogP contribution in [0.4, 0.5) is 0 Å². The van der Waals surface area contributed by atoms with Crippen molar-refractivity contribution in [2.75, 3.05) is 6.61 Å². The monoisotopic (exact) mass is 99.0 g/mol. The van der Waals surface area contributed by atoms with E-state index in [2.05, 4.69) is 4.74 Å². The maximum atomic E-state index is 10.2. The van der Waals surface area contributed by atoms with Crippen LogP contribution in [0.2, 0.25) is 0 Å². The van der Waals surface area contributed by atoms with E-state index in [9.17, 15) is 4.79 Å². The molecule has 0 aromatic rings. The molecule has 0 amide bonds. The zero-order valence-corrected chi connectivity index (χ0v) is 3.68. The largest absolute Gasteiger partial charge is 0.457 e. The van der Waals surface area contributed by atoms with Gasteiger partial charge in [0.15, 0.2) is 0 Å². The highest BCUT2D eigenvalue weighted by atomic mass is 16.5. The van der Waals surface area contributed by atoms with Gasteiger partial charge in [0.25, 0.3) is 0 Å². The Labute approximate surface area is 40.8 Å².